The van der Waals surface area contributed by atoms with Crippen molar-refractivity contribution in [3.8, 4) is 5.75 Å². The van der Waals surface area contributed by atoms with Crippen molar-refractivity contribution in [2.24, 2.45) is 0 Å². The standard InChI is InChI=1S/C22H27N3O3/c1-4-24(5-2)17-8-6-16(7-9-17)23-22(27)20-14-15-21(26)25(20)18-10-12-19(28-3)13-11-18/h6-13,20H,4-5,14-15H2,1-3H3,(H,23,27). The Morgan fingerprint density at radius 1 is 1.11 bits per heavy atom. The molecule has 2 aromatic carbocycles. The van der Waals surface area contributed by atoms with Crippen molar-refractivity contribution in [1.29, 1.82) is 0 Å². The van der Waals surface area contributed by atoms with E-state index in [-0.39, 0.29) is 11.8 Å². The minimum absolute atomic E-state index is 0.0396. The van der Waals surface area contributed by atoms with Crippen LogP contribution in [0.25, 0.3) is 0 Å². The second-order valence-electron chi connectivity index (χ2n) is 6.72. The lowest BCUT2D eigenvalue weighted by atomic mass is 10.1. The van der Waals surface area contributed by atoms with Gasteiger partial charge in [-0.15, -0.1) is 0 Å². The highest BCUT2D eigenvalue weighted by molar-refractivity contribution is 6.07. The summed E-state index contributed by atoms with van der Waals surface area (Å²) in [4.78, 5) is 29.1. The predicted octanol–water partition coefficient (Wildman–Crippen LogP) is 3.68. The van der Waals surface area contributed by atoms with Gasteiger partial charge in [0.05, 0.1) is 7.11 Å². The van der Waals surface area contributed by atoms with Crippen LogP contribution in [0.15, 0.2) is 48.5 Å². The zero-order chi connectivity index (χ0) is 20.1. The summed E-state index contributed by atoms with van der Waals surface area (Å²) in [6.07, 6.45) is 0.874. The molecule has 1 fully saturated rings. The van der Waals surface area contributed by atoms with Gasteiger partial charge in [-0.05, 0) is 68.8 Å². The van der Waals surface area contributed by atoms with Gasteiger partial charge in [0.25, 0.3) is 0 Å². The Hall–Kier alpha value is -3.02. The Balaban J connectivity index is 1.72. The summed E-state index contributed by atoms with van der Waals surface area (Å²) in [7, 11) is 1.60. The van der Waals surface area contributed by atoms with Gasteiger partial charge < -0.3 is 15.0 Å². The van der Waals surface area contributed by atoms with Crippen LogP contribution in [-0.4, -0.2) is 38.1 Å². The Kier molecular flexibility index (Phi) is 6.19. The highest BCUT2D eigenvalue weighted by Gasteiger charge is 2.37. The van der Waals surface area contributed by atoms with E-state index in [1.54, 1.807) is 36.3 Å². The molecule has 1 saturated heterocycles. The molecular formula is C22H27N3O3. The molecule has 0 bridgehead atoms. The van der Waals surface area contributed by atoms with Gasteiger partial charge in [0.1, 0.15) is 11.8 Å². The summed E-state index contributed by atoms with van der Waals surface area (Å²) in [6, 6.07) is 14.5. The molecule has 1 N–H and O–H groups in total. The van der Waals surface area contributed by atoms with E-state index in [2.05, 4.69) is 24.1 Å². The summed E-state index contributed by atoms with van der Waals surface area (Å²) in [5, 5.41) is 2.95. The third kappa shape index (κ3) is 4.11. The number of nitrogens with one attached hydrogen (secondary N) is 1. The van der Waals surface area contributed by atoms with Crippen molar-refractivity contribution in [1.82, 2.24) is 0 Å². The average Bonchev–Trinajstić information content (AvgIpc) is 3.12. The van der Waals surface area contributed by atoms with Gasteiger partial charge in [-0.1, -0.05) is 0 Å². The summed E-state index contributed by atoms with van der Waals surface area (Å²) >= 11 is 0. The van der Waals surface area contributed by atoms with Crippen molar-refractivity contribution in [2.75, 3.05) is 35.3 Å². The smallest absolute Gasteiger partial charge is 0.247 e. The van der Waals surface area contributed by atoms with Gasteiger partial charge in [-0.25, -0.2) is 0 Å². The largest absolute Gasteiger partial charge is 0.497 e. The first-order valence-corrected chi connectivity index (χ1v) is 9.69. The molecule has 1 unspecified atom stereocenters. The maximum absolute atomic E-state index is 12.9. The Labute approximate surface area is 166 Å². The fourth-order valence-corrected chi connectivity index (χ4v) is 3.57. The number of benzene rings is 2. The van der Waals surface area contributed by atoms with Crippen molar-refractivity contribution in [3.05, 3.63) is 48.5 Å². The van der Waals surface area contributed by atoms with Gasteiger partial charge in [-0.3, -0.25) is 14.5 Å². The number of ether oxygens (including phenoxy) is 1. The molecular weight excluding hydrogens is 354 g/mol. The lowest BCUT2D eigenvalue weighted by Gasteiger charge is -2.25. The van der Waals surface area contributed by atoms with E-state index in [0.717, 1.165) is 24.5 Å². The van der Waals surface area contributed by atoms with Crippen LogP contribution in [0, 0.1) is 0 Å². The van der Waals surface area contributed by atoms with Crippen molar-refractivity contribution >= 4 is 28.9 Å². The molecule has 1 aliphatic heterocycles. The van der Waals surface area contributed by atoms with E-state index in [1.165, 1.54) is 0 Å². The maximum Gasteiger partial charge on any atom is 0.247 e. The van der Waals surface area contributed by atoms with Crippen LogP contribution >= 0.6 is 0 Å². The molecule has 3 rings (SSSR count). The minimum atomic E-state index is -0.511. The summed E-state index contributed by atoms with van der Waals surface area (Å²) in [6.45, 7) is 6.10. The summed E-state index contributed by atoms with van der Waals surface area (Å²) < 4.78 is 5.17. The molecule has 1 aliphatic rings. The first kappa shape index (κ1) is 19.7. The zero-order valence-electron chi connectivity index (χ0n) is 16.6. The third-order valence-electron chi connectivity index (χ3n) is 5.13. The molecule has 0 saturated carbocycles. The second-order valence-corrected chi connectivity index (χ2v) is 6.72. The predicted molar refractivity (Wildman–Crippen MR) is 112 cm³/mol. The Morgan fingerprint density at radius 2 is 1.75 bits per heavy atom. The molecule has 0 aromatic heterocycles. The van der Waals surface area contributed by atoms with E-state index < -0.39 is 6.04 Å². The number of carbonyl (C=O) groups is 2. The van der Waals surface area contributed by atoms with Gasteiger partial charge in [0.2, 0.25) is 11.8 Å². The van der Waals surface area contributed by atoms with Crippen LogP contribution in [0.1, 0.15) is 26.7 Å². The van der Waals surface area contributed by atoms with Crippen LogP contribution in [0.2, 0.25) is 0 Å². The molecule has 1 heterocycles. The maximum atomic E-state index is 12.9. The van der Waals surface area contributed by atoms with Crippen molar-refractivity contribution in [2.45, 2.75) is 32.7 Å². The van der Waals surface area contributed by atoms with Gasteiger partial charge in [-0.2, -0.15) is 0 Å². The molecule has 1 atom stereocenters. The molecule has 0 aliphatic carbocycles. The SMILES string of the molecule is CCN(CC)c1ccc(NC(=O)C2CCC(=O)N2c2ccc(OC)cc2)cc1. The number of methoxy groups -OCH3 is 1. The van der Waals surface area contributed by atoms with Crippen LogP contribution in [-0.2, 0) is 9.59 Å². The van der Waals surface area contributed by atoms with Crippen LogP contribution in [0.5, 0.6) is 5.75 Å². The molecule has 6 heteroatoms. The van der Waals surface area contributed by atoms with E-state index in [0.29, 0.717) is 24.3 Å². The summed E-state index contributed by atoms with van der Waals surface area (Å²) in [5.74, 6) is 0.504. The van der Waals surface area contributed by atoms with E-state index in [9.17, 15) is 9.59 Å². The first-order chi connectivity index (χ1) is 13.6. The molecule has 2 aromatic rings. The molecule has 148 valence electrons. The van der Waals surface area contributed by atoms with E-state index >= 15 is 0 Å². The number of anilines is 3. The number of hydrogen-bond acceptors (Lipinski definition) is 4. The van der Waals surface area contributed by atoms with Crippen LogP contribution in [0.3, 0.4) is 0 Å². The minimum Gasteiger partial charge on any atom is -0.497 e. The number of rotatable bonds is 7. The van der Waals surface area contributed by atoms with Crippen molar-refractivity contribution in [3.63, 3.8) is 0 Å². The van der Waals surface area contributed by atoms with E-state index in [1.807, 2.05) is 24.3 Å². The molecule has 2 amide bonds. The molecule has 0 radical (unpaired) electrons. The normalized spacial score (nSPS) is 16.2. The van der Waals surface area contributed by atoms with Crippen LogP contribution < -0.4 is 19.9 Å². The third-order valence-corrected chi connectivity index (χ3v) is 5.13. The van der Waals surface area contributed by atoms with Gasteiger partial charge in [0, 0.05) is 36.6 Å². The van der Waals surface area contributed by atoms with Gasteiger partial charge in [0.15, 0.2) is 0 Å². The molecule has 6 nitrogen and oxygen atoms in total. The fourth-order valence-electron chi connectivity index (χ4n) is 3.57. The van der Waals surface area contributed by atoms with E-state index in [4.69, 9.17) is 4.74 Å². The zero-order valence-corrected chi connectivity index (χ0v) is 16.6. The second kappa shape index (κ2) is 8.78. The lowest BCUT2D eigenvalue weighted by molar-refractivity contribution is -0.120. The number of carbonyl (C=O) groups excluding carboxylic acids is 2. The number of hydrogen-bond donors (Lipinski definition) is 1. The average molecular weight is 381 g/mol. The topological polar surface area (TPSA) is 61.9 Å². The van der Waals surface area contributed by atoms with Gasteiger partial charge >= 0.3 is 0 Å². The monoisotopic (exact) mass is 381 g/mol. The Bertz CT molecular complexity index is 814. The number of nitrogens with zero attached hydrogens (tertiary/aromatic N) is 2. The highest BCUT2D eigenvalue weighted by atomic mass is 16.5. The Morgan fingerprint density at radius 3 is 2.32 bits per heavy atom. The lowest BCUT2D eigenvalue weighted by Crippen LogP contribution is -2.41. The number of amides is 2. The summed E-state index contributed by atoms with van der Waals surface area (Å²) in [5.41, 5.74) is 2.56. The molecule has 0 spiro atoms. The first-order valence-electron chi connectivity index (χ1n) is 9.69. The van der Waals surface area contributed by atoms with Crippen molar-refractivity contribution < 1.29 is 14.3 Å². The van der Waals surface area contributed by atoms with Crippen LogP contribution in [0.4, 0.5) is 17.1 Å². The highest BCUT2D eigenvalue weighted by Crippen LogP contribution is 2.29. The molecule has 28 heavy (non-hydrogen) atoms. The quantitative estimate of drug-likeness (QED) is 0.795. The fraction of sp³-hybridized carbons (Fsp3) is 0.364.